The molecule has 0 aromatic rings. The second kappa shape index (κ2) is 7.06. The summed E-state index contributed by atoms with van der Waals surface area (Å²) in [6.07, 6.45) is 5.07. The molecule has 2 nitrogen and oxygen atoms in total. The van der Waals surface area contributed by atoms with Crippen LogP contribution in [0.25, 0.3) is 0 Å². The molecule has 12 heavy (non-hydrogen) atoms. The first kappa shape index (κ1) is 12.6. The summed E-state index contributed by atoms with van der Waals surface area (Å²) in [5.41, 5.74) is 0. The van der Waals surface area contributed by atoms with E-state index in [1.54, 1.807) is 14.2 Å². The number of hydrogen-bond donors (Lipinski definition) is 0. The lowest BCUT2D eigenvalue weighted by Crippen LogP contribution is -2.32. The first-order chi connectivity index (χ1) is 5.68. The van der Waals surface area contributed by atoms with Crippen molar-refractivity contribution in [1.29, 1.82) is 0 Å². The zero-order chi connectivity index (χ0) is 9.45. The van der Waals surface area contributed by atoms with Crippen molar-refractivity contribution < 1.29 is 8.85 Å². The van der Waals surface area contributed by atoms with E-state index >= 15 is 0 Å². The molecule has 0 aliphatic rings. The Morgan fingerprint density at radius 3 is 2.08 bits per heavy atom. The summed E-state index contributed by atoms with van der Waals surface area (Å²) in [7, 11) is 1.49. The van der Waals surface area contributed by atoms with Gasteiger partial charge in [0.2, 0.25) is 0 Å². The van der Waals surface area contributed by atoms with Gasteiger partial charge in [-0.3, -0.25) is 0 Å². The maximum Gasteiger partial charge on any atom is 0.413 e. The Labute approximate surface area is 84.5 Å². The van der Waals surface area contributed by atoms with Crippen LogP contribution in [0.4, 0.5) is 0 Å². The Hall–Kier alpha value is 0.617. The van der Waals surface area contributed by atoms with Crippen LogP contribution >= 0.6 is 15.3 Å². The highest BCUT2D eigenvalue weighted by Gasteiger charge is 2.30. The monoisotopic (exact) mass is 254 g/mol. The summed E-state index contributed by atoms with van der Waals surface area (Å²) in [4.78, 5) is 0. The van der Waals surface area contributed by atoms with Crippen molar-refractivity contribution in [2.75, 3.05) is 14.2 Å². The third-order valence-electron chi connectivity index (χ3n) is 1.94. The van der Waals surface area contributed by atoms with Gasteiger partial charge in [-0.05, 0) is 0 Å². The van der Waals surface area contributed by atoms with Crippen molar-refractivity contribution in [3.05, 3.63) is 0 Å². The van der Waals surface area contributed by atoms with Gasteiger partial charge in [-0.25, -0.2) is 0 Å². The molecule has 0 saturated heterocycles. The quantitative estimate of drug-likeness (QED) is 0.395. The molecule has 4 heteroatoms. The van der Waals surface area contributed by atoms with E-state index < -0.39 is 7.18 Å². The predicted molar refractivity (Wildman–Crippen MR) is 57.6 cm³/mol. The van der Waals surface area contributed by atoms with E-state index in [1.807, 2.05) is 0 Å². The SMILES string of the molecule is CCCCCC[Si](Br)(OC)OC. The normalized spacial score (nSPS) is 12.0. The molecule has 0 rings (SSSR count). The molecule has 0 N–H and O–H groups in total. The Kier molecular flexibility index (Phi) is 7.43. The van der Waals surface area contributed by atoms with E-state index in [0.717, 1.165) is 6.04 Å². The van der Waals surface area contributed by atoms with Gasteiger partial charge in [-0.1, -0.05) is 47.9 Å². The minimum Gasteiger partial charge on any atom is -0.390 e. The van der Waals surface area contributed by atoms with E-state index in [2.05, 4.69) is 22.2 Å². The highest BCUT2D eigenvalue weighted by Crippen LogP contribution is 2.22. The van der Waals surface area contributed by atoms with Crippen molar-refractivity contribution in [2.45, 2.75) is 38.7 Å². The van der Waals surface area contributed by atoms with Gasteiger partial charge in [0.15, 0.2) is 0 Å². The lowest BCUT2D eigenvalue weighted by atomic mass is 10.2. The highest BCUT2D eigenvalue weighted by molar-refractivity contribution is 9.25. The Morgan fingerprint density at radius 1 is 1.08 bits per heavy atom. The van der Waals surface area contributed by atoms with Gasteiger partial charge in [-0.15, -0.1) is 0 Å². The molecule has 0 aromatic heterocycles. The van der Waals surface area contributed by atoms with E-state index in [9.17, 15) is 0 Å². The van der Waals surface area contributed by atoms with Crippen LogP contribution in [0.5, 0.6) is 0 Å². The first-order valence-corrected chi connectivity index (χ1v) is 8.75. The third-order valence-corrected chi connectivity index (χ3v) is 7.24. The van der Waals surface area contributed by atoms with E-state index in [4.69, 9.17) is 8.85 Å². The first-order valence-electron chi connectivity index (χ1n) is 4.47. The van der Waals surface area contributed by atoms with Gasteiger partial charge in [-0.2, -0.15) is 0 Å². The standard InChI is InChI=1S/C8H19BrO2Si/c1-4-5-6-7-8-12(9,10-2)11-3/h4-8H2,1-3H3. The molecule has 0 fully saturated rings. The van der Waals surface area contributed by atoms with Crippen LogP contribution in [0.1, 0.15) is 32.6 Å². The van der Waals surface area contributed by atoms with E-state index in [-0.39, 0.29) is 0 Å². The molecule has 0 aliphatic heterocycles. The summed E-state index contributed by atoms with van der Waals surface area (Å²) in [5.74, 6) is 0. The fourth-order valence-corrected chi connectivity index (χ4v) is 3.14. The minimum absolute atomic E-state index is 1.04. The van der Waals surface area contributed by atoms with Crippen molar-refractivity contribution >= 4 is 22.5 Å². The van der Waals surface area contributed by atoms with Crippen molar-refractivity contribution in [1.82, 2.24) is 0 Å². The second-order valence-electron chi connectivity index (χ2n) is 2.88. The second-order valence-corrected chi connectivity index (χ2v) is 9.14. The van der Waals surface area contributed by atoms with E-state index in [0.29, 0.717) is 0 Å². The van der Waals surface area contributed by atoms with Crippen LogP contribution in [0, 0.1) is 0 Å². The maximum absolute atomic E-state index is 5.30. The average molecular weight is 255 g/mol. The zero-order valence-electron chi connectivity index (χ0n) is 8.23. The van der Waals surface area contributed by atoms with Crippen LogP contribution in [0.2, 0.25) is 6.04 Å². The van der Waals surface area contributed by atoms with Gasteiger partial charge in [0.1, 0.15) is 0 Å². The third kappa shape index (κ3) is 5.30. The summed E-state index contributed by atoms with van der Waals surface area (Å²) in [5, 5.41) is 0. The van der Waals surface area contributed by atoms with Crippen molar-refractivity contribution in [3.63, 3.8) is 0 Å². The molecule has 0 bridgehead atoms. The summed E-state index contributed by atoms with van der Waals surface area (Å²) in [6.45, 7) is 2.21. The van der Waals surface area contributed by atoms with Gasteiger partial charge >= 0.3 is 7.18 Å². The van der Waals surface area contributed by atoms with E-state index in [1.165, 1.54) is 25.7 Å². The minimum atomic E-state index is -1.93. The topological polar surface area (TPSA) is 18.5 Å². The molecule has 74 valence electrons. The summed E-state index contributed by atoms with van der Waals surface area (Å²) >= 11 is 3.53. The predicted octanol–water partition coefficient (Wildman–Crippen LogP) is 3.19. The molecule has 0 radical (unpaired) electrons. The lowest BCUT2D eigenvalue weighted by molar-refractivity contribution is 0.268. The average Bonchev–Trinajstić information content (AvgIpc) is 2.12. The molecule has 0 atom stereocenters. The number of hydrogen-bond acceptors (Lipinski definition) is 2. The van der Waals surface area contributed by atoms with Gasteiger partial charge in [0.05, 0.1) is 0 Å². The van der Waals surface area contributed by atoms with Crippen LogP contribution < -0.4 is 0 Å². The lowest BCUT2D eigenvalue weighted by Gasteiger charge is -2.19. The Bertz CT molecular complexity index is 107. The van der Waals surface area contributed by atoms with Gasteiger partial charge in [0, 0.05) is 20.3 Å². The van der Waals surface area contributed by atoms with Crippen LogP contribution in [0.3, 0.4) is 0 Å². The largest absolute Gasteiger partial charge is 0.413 e. The van der Waals surface area contributed by atoms with Crippen LogP contribution in [-0.4, -0.2) is 21.4 Å². The smallest absolute Gasteiger partial charge is 0.390 e. The van der Waals surface area contributed by atoms with Crippen molar-refractivity contribution in [3.8, 4) is 0 Å². The molecule has 0 amide bonds. The van der Waals surface area contributed by atoms with Crippen LogP contribution in [0.15, 0.2) is 0 Å². The number of halogens is 1. The maximum atomic E-state index is 5.30. The molecule has 0 saturated carbocycles. The fourth-order valence-electron chi connectivity index (χ4n) is 1.05. The van der Waals surface area contributed by atoms with Crippen LogP contribution in [-0.2, 0) is 8.85 Å². The number of rotatable bonds is 7. The zero-order valence-corrected chi connectivity index (χ0v) is 10.8. The fraction of sp³-hybridized carbons (Fsp3) is 1.00. The van der Waals surface area contributed by atoms with Crippen molar-refractivity contribution in [2.24, 2.45) is 0 Å². The molecule has 0 heterocycles. The molecule has 0 spiro atoms. The summed E-state index contributed by atoms with van der Waals surface area (Å²) < 4.78 is 10.6. The Balaban J connectivity index is 3.45. The molecule has 0 aliphatic carbocycles. The molecular weight excluding hydrogens is 236 g/mol. The molecule has 0 aromatic carbocycles. The Morgan fingerprint density at radius 2 is 1.67 bits per heavy atom. The summed E-state index contributed by atoms with van der Waals surface area (Å²) in [6, 6.07) is 1.04. The van der Waals surface area contributed by atoms with Gasteiger partial charge < -0.3 is 8.85 Å². The molecular formula is C8H19BrO2Si. The van der Waals surface area contributed by atoms with Gasteiger partial charge in [0.25, 0.3) is 0 Å². The number of unbranched alkanes of at least 4 members (excludes halogenated alkanes) is 3. The molecule has 0 unspecified atom stereocenters. The highest BCUT2D eigenvalue weighted by atomic mass is 79.9.